The molecule has 2 atom stereocenters. The molecule has 2 aromatic rings. The van der Waals surface area contributed by atoms with E-state index in [0.29, 0.717) is 26.1 Å². The molecule has 1 aromatic carbocycles. The second-order valence-corrected chi connectivity index (χ2v) is 9.26. The van der Waals surface area contributed by atoms with Crippen LogP contribution in [-0.4, -0.2) is 53.6 Å². The summed E-state index contributed by atoms with van der Waals surface area (Å²) in [5.41, 5.74) is 1.88. The van der Waals surface area contributed by atoms with Crippen molar-refractivity contribution in [2.45, 2.75) is 36.4 Å². The van der Waals surface area contributed by atoms with Crippen LogP contribution in [0.4, 0.5) is 5.69 Å². The highest BCUT2D eigenvalue weighted by Crippen LogP contribution is 2.38. The number of hydrogen-bond donors (Lipinski definition) is 1. The summed E-state index contributed by atoms with van der Waals surface area (Å²) in [5, 5.41) is 3.61. The number of anilines is 1. The number of rotatable bonds is 4. The number of imidazole rings is 1. The van der Waals surface area contributed by atoms with E-state index in [1.807, 2.05) is 12.1 Å². The SMILES string of the molecule is Cc1cccc(N[C@@H]2CO[C@@]3(CCN(S(=O)(=O)c4cn(C)cn4)C3)C2)c1. The van der Waals surface area contributed by atoms with Crippen LogP contribution < -0.4 is 5.32 Å². The van der Waals surface area contributed by atoms with Gasteiger partial charge in [-0.15, -0.1) is 0 Å². The van der Waals surface area contributed by atoms with Gasteiger partial charge >= 0.3 is 0 Å². The minimum atomic E-state index is -3.56. The highest BCUT2D eigenvalue weighted by atomic mass is 32.2. The van der Waals surface area contributed by atoms with E-state index in [4.69, 9.17) is 4.74 Å². The van der Waals surface area contributed by atoms with Gasteiger partial charge in [-0.25, -0.2) is 13.4 Å². The molecule has 2 fully saturated rings. The Kier molecular flexibility index (Phi) is 4.29. The van der Waals surface area contributed by atoms with Crippen molar-refractivity contribution in [1.82, 2.24) is 13.9 Å². The van der Waals surface area contributed by atoms with Crippen molar-refractivity contribution in [1.29, 1.82) is 0 Å². The Morgan fingerprint density at radius 3 is 2.96 bits per heavy atom. The molecular formula is C18H24N4O3S. The lowest BCUT2D eigenvalue weighted by molar-refractivity contribution is 0.0173. The molecule has 7 nitrogen and oxygen atoms in total. The van der Waals surface area contributed by atoms with Gasteiger partial charge in [0.25, 0.3) is 10.0 Å². The van der Waals surface area contributed by atoms with Crippen LogP contribution in [0.1, 0.15) is 18.4 Å². The number of nitrogens with one attached hydrogen (secondary N) is 1. The van der Waals surface area contributed by atoms with Gasteiger partial charge in [-0.1, -0.05) is 12.1 Å². The lowest BCUT2D eigenvalue weighted by Gasteiger charge is -2.23. The van der Waals surface area contributed by atoms with Gasteiger partial charge in [0.2, 0.25) is 0 Å². The van der Waals surface area contributed by atoms with Gasteiger partial charge in [0, 0.05) is 38.4 Å². The Balaban J connectivity index is 1.43. The molecule has 1 spiro atoms. The number of ether oxygens (including phenoxy) is 1. The summed E-state index contributed by atoms with van der Waals surface area (Å²) in [7, 11) is -1.80. The van der Waals surface area contributed by atoms with E-state index < -0.39 is 15.6 Å². The van der Waals surface area contributed by atoms with Gasteiger partial charge in [0.15, 0.2) is 5.03 Å². The van der Waals surface area contributed by atoms with E-state index in [9.17, 15) is 8.42 Å². The summed E-state index contributed by atoms with van der Waals surface area (Å²) >= 11 is 0. The maximum absolute atomic E-state index is 12.8. The largest absolute Gasteiger partial charge is 0.380 e. The second-order valence-electron chi connectivity index (χ2n) is 7.37. The Labute approximate surface area is 154 Å². The fourth-order valence-electron chi connectivity index (χ4n) is 3.86. The Hall–Kier alpha value is -1.90. The fourth-order valence-corrected chi connectivity index (χ4v) is 5.34. The smallest absolute Gasteiger partial charge is 0.262 e. The van der Waals surface area contributed by atoms with Crippen LogP contribution in [0.2, 0.25) is 0 Å². The molecule has 1 aromatic heterocycles. The molecular weight excluding hydrogens is 352 g/mol. The van der Waals surface area contributed by atoms with Crippen LogP contribution >= 0.6 is 0 Å². The van der Waals surface area contributed by atoms with Gasteiger partial charge in [-0.05, 0) is 31.0 Å². The first-order valence-electron chi connectivity index (χ1n) is 8.82. The minimum absolute atomic E-state index is 0.101. The molecule has 3 heterocycles. The molecule has 2 saturated heterocycles. The summed E-state index contributed by atoms with van der Waals surface area (Å²) < 4.78 is 34.8. The van der Waals surface area contributed by atoms with Gasteiger partial charge in [0.05, 0.1) is 24.6 Å². The number of nitrogens with zero attached hydrogens (tertiary/aromatic N) is 3. The quantitative estimate of drug-likeness (QED) is 0.880. The first kappa shape index (κ1) is 17.5. The standard InChI is InChI=1S/C18H24N4O3S/c1-14-4-3-5-15(8-14)20-16-9-18(25-11-16)6-7-22(12-18)26(23,24)17-10-21(2)13-19-17/h3-5,8,10,13,16,20H,6-7,9,11-12H2,1-2H3/t16-,18-/m0/s1. The average Bonchev–Trinajstić information content (AvgIpc) is 3.30. The average molecular weight is 376 g/mol. The molecule has 0 radical (unpaired) electrons. The van der Waals surface area contributed by atoms with E-state index in [0.717, 1.165) is 12.1 Å². The molecule has 2 aliphatic heterocycles. The summed E-state index contributed by atoms with van der Waals surface area (Å²) in [6.07, 6.45) is 4.56. The zero-order valence-electron chi connectivity index (χ0n) is 15.1. The maximum Gasteiger partial charge on any atom is 0.262 e. The third kappa shape index (κ3) is 3.24. The summed E-state index contributed by atoms with van der Waals surface area (Å²) in [4.78, 5) is 4.01. The highest BCUT2D eigenvalue weighted by molar-refractivity contribution is 7.89. The van der Waals surface area contributed by atoms with Gasteiger partial charge in [-0.3, -0.25) is 0 Å². The van der Waals surface area contributed by atoms with E-state index in [1.165, 1.54) is 22.4 Å². The van der Waals surface area contributed by atoms with Crippen molar-refractivity contribution in [3.05, 3.63) is 42.4 Å². The van der Waals surface area contributed by atoms with Crippen molar-refractivity contribution in [2.75, 3.05) is 25.0 Å². The summed E-state index contributed by atoms with van der Waals surface area (Å²) in [6, 6.07) is 8.44. The van der Waals surface area contributed by atoms with Crippen molar-refractivity contribution in [2.24, 2.45) is 7.05 Å². The number of hydrogen-bond acceptors (Lipinski definition) is 5. The van der Waals surface area contributed by atoms with Crippen molar-refractivity contribution in [3.63, 3.8) is 0 Å². The molecule has 0 amide bonds. The Morgan fingerprint density at radius 1 is 1.38 bits per heavy atom. The fraction of sp³-hybridized carbons (Fsp3) is 0.500. The molecule has 8 heteroatoms. The predicted molar refractivity (Wildman–Crippen MR) is 98.5 cm³/mol. The molecule has 2 aliphatic rings. The topological polar surface area (TPSA) is 76.5 Å². The number of sulfonamides is 1. The third-order valence-corrected chi connectivity index (χ3v) is 6.90. The van der Waals surface area contributed by atoms with Crippen LogP contribution in [0.15, 0.2) is 41.8 Å². The zero-order valence-corrected chi connectivity index (χ0v) is 15.9. The molecule has 1 N–H and O–H groups in total. The third-order valence-electron chi connectivity index (χ3n) is 5.16. The first-order chi connectivity index (χ1) is 12.4. The van der Waals surface area contributed by atoms with Crippen LogP contribution in [0, 0.1) is 6.92 Å². The Morgan fingerprint density at radius 2 is 2.23 bits per heavy atom. The molecule has 0 bridgehead atoms. The van der Waals surface area contributed by atoms with E-state index in [-0.39, 0.29) is 11.1 Å². The number of benzene rings is 1. The predicted octanol–water partition coefficient (Wildman–Crippen LogP) is 1.76. The Bertz CT molecular complexity index is 911. The van der Waals surface area contributed by atoms with E-state index in [2.05, 4.69) is 29.4 Å². The van der Waals surface area contributed by atoms with Gasteiger partial charge in [0.1, 0.15) is 0 Å². The van der Waals surface area contributed by atoms with Crippen molar-refractivity contribution < 1.29 is 13.2 Å². The number of aryl methyl sites for hydroxylation is 2. The van der Waals surface area contributed by atoms with Crippen molar-refractivity contribution >= 4 is 15.7 Å². The lowest BCUT2D eigenvalue weighted by Crippen LogP contribution is -2.36. The van der Waals surface area contributed by atoms with Gasteiger partial charge < -0.3 is 14.6 Å². The van der Waals surface area contributed by atoms with Crippen LogP contribution in [0.3, 0.4) is 0 Å². The molecule has 0 saturated carbocycles. The van der Waals surface area contributed by atoms with Crippen LogP contribution in [-0.2, 0) is 21.8 Å². The van der Waals surface area contributed by atoms with Gasteiger partial charge in [-0.2, -0.15) is 4.31 Å². The van der Waals surface area contributed by atoms with Crippen molar-refractivity contribution in [3.8, 4) is 0 Å². The lowest BCUT2D eigenvalue weighted by atomic mass is 9.97. The second kappa shape index (κ2) is 6.37. The minimum Gasteiger partial charge on any atom is -0.380 e. The normalized spacial score (nSPS) is 26.6. The molecule has 0 unspecified atom stereocenters. The zero-order chi connectivity index (χ0) is 18.4. The molecule has 4 rings (SSSR count). The summed E-state index contributed by atoms with van der Waals surface area (Å²) in [6.45, 7) is 3.51. The number of aromatic nitrogens is 2. The summed E-state index contributed by atoms with van der Waals surface area (Å²) in [5.74, 6) is 0. The maximum atomic E-state index is 12.8. The molecule has 26 heavy (non-hydrogen) atoms. The highest BCUT2D eigenvalue weighted by Gasteiger charge is 2.49. The van der Waals surface area contributed by atoms with E-state index in [1.54, 1.807) is 11.6 Å². The van der Waals surface area contributed by atoms with Crippen LogP contribution in [0.25, 0.3) is 0 Å². The van der Waals surface area contributed by atoms with E-state index >= 15 is 0 Å². The monoisotopic (exact) mass is 376 g/mol. The van der Waals surface area contributed by atoms with Crippen LogP contribution in [0.5, 0.6) is 0 Å². The molecule has 140 valence electrons. The first-order valence-corrected chi connectivity index (χ1v) is 10.3. The molecule has 0 aliphatic carbocycles.